The van der Waals surface area contributed by atoms with Gasteiger partial charge in [-0.1, -0.05) is 30.3 Å². The van der Waals surface area contributed by atoms with Gasteiger partial charge < -0.3 is 4.40 Å². The molecule has 90 valence electrons. The van der Waals surface area contributed by atoms with Crippen LogP contribution < -0.4 is 0 Å². The molecule has 0 N–H and O–H groups in total. The lowest BCUT2D eigenvalue weighted by Crippen LogP contribution is -1.98. The molecular weight excluding hydrogens is 288 g/mol. The van der Waals surface area contributed by atoms with Gasteiger partial charge in [0, 0.05) is 23.1 Å². The quantitative estimate of drug-likeness (QED) is 0.717. The second-order valence-electron chi connectivity index (χ2n) is 4.28. The number of benzene rings is 1. The minimum absolute atomic E-state index is 0.955. The standard InChI is InChI=1S/C15H13BrN2/c16-13-8-10-18-11-9-17-14(15(13)18)7-6-12-4-2-1-3-5-12/h1-5,8-11H,6-7H2. The molecule has 1 aromatic carbocycles. The second-order valence-corrected chi connectivity index (χ2v) is 5.13. The van der Waals surface area contributed by atoms with Crippen molar-refractivity contribution in [1.82, 2.24) is 9.38 Å². The normalized spacial score (nSPS) is 10.9. The number of fused-ring (bicyclic) bond motifs is 1. The van der Waals surface area contributed by atoms with E-state index in [1.165, 1.54) is 11.1 Å². The lowest BCUT2D eigenvalue weighted by atomic mass is 10.1. The molecule has 0 fully saturated rings. The minimum Gasteiger partial charge on any atom is -0.320 e. The Balaban J connectivity index is 1.89. The molecule has 2 heterocycles. The molecule has 0 aliphatic carbocycles. The van der Waals surface area contributed by atoms with Crippen molar-refractivity contribution in [2.75, 3.05) is 0 Å². The van der Waals surface area contributed by atoms with Crippen molar-refractivity contribution in [3.63, 3.8) is 0 Å². The van der Waals surface area contributed by atoms with Crippen LogP contribution in [0.4, 0.5) is 0 Å². The predicted molar refractivity (Wildman–Crippen MR) is 76.7 cm³/mol. The molecule has 0 atom stereocenters. The van der Waals surface area contributed by atoms with Gasteiger partial charge in [0.15, 0.2) is 0 Å². The van der Waals surface area contributed by atoms with Gasteiger partial charge in [0.05, 0.1) is 11.2 Å². The van der Waals surface area contributed by atoms with Crippen LogP contribution >= 0.6 is 15.9 Å². The summed E-state index contributed by atoms with van der Waals surface area (Å²) >= 11 is 3.58. The summed E-state index contributed by atoms with van der Waals surface area (Å²) in [5.41, 5.74) is 3.66. The number of halogens is 1. The van der Waals surface area contributed by atoms with E-state index in [1.54, 1.807) is 0 Å². The monoisotopic (exact) mass is 300 g/mol. The van der Waals surface area contributed by atoms with E-state index in [0.29, 0.717) is 0 Å². The van der Waals surface area contributed by atoms with Crippen LogP contribution in [0.25, 0.3) is 5.52 Å². The topological polar surface area (TPSA) is 17.3 Å². The van der Waals surface area contributed by atoms with E-state index in [2.05, 4.69) is 55.6 Å². The highest BCUT2D eigenvalue weighted by Crippen LogP contribution is 2.22. The van der Waals surface area contributed by atoms with Crippen LogP contribution in [0.1, 0.15) is 11.3 Å². The van der Waals surface area contributed by atoms with Gasteiger partial charge in [-0.2, -0.15) is 0 Å². The molecule has 3 heteroatoms. The molecule has 0 unspecified atom stereocenters. The summed E-state index contributed by atoms with van der Waals surface area (Å²) in [5.74, 6) is 0. The Hall–Kier alpha value is -1.61. The summed E-state index contributed by atoms with van der Waals surface area (Å²) in [5, 5.41) is 0. The maximum atomic E-state index is 4.50. The average Bonchev–Trinajstić information content (AvgIpc) is 2.80. The first-order chi connectivity index (χ1) is 8.84. The van der Waals surface area contributed by atoms with E-state index < -0.39 is 0 Å². The number of nitrogens with zero attached hydrogens (tertiary/aromatic N) is 2. The third-order valence-electron chi connectivity index (χ3n) is 3.09. The van der Waals surface area contributed by atoms with Crippen molar-refractivity contribution in [3.8, 4) is 0 Å². The summed E-state index contributed by atoms with van der Waals surface area (Å²) in [7, 11) is 0. The summed E-state index contributed by atoms with van der Waals surface area (Å²) in [4.78, 5) is 4.50. The molecule has 18 heavy (non-hydrogen) atoms. The molecule has 2 nitrogen and oxygen atoms in total. The predicted octanol–water partition coefficient (Wildman–Crippen LogP) is 3.88. The summed E-state index contributed by atoms with van der Waals surface area (Å²) in [6.45, 7) is 0. The molecule has 0 aliphatic heterocycles. The molecule has 0 saturated heterocycles. The van der Waals surface area contributed by atoms with E-state index in [-0.39, 0.29) is 0 Å². The molecular formula is C15H13BrN2. The van der Waals surface area contributed by atoms with Gasteiger partial charge in [0.1, 0.15) is 0 Å². The average molecular weight is 301 g/mol. The van der Waals surface area contributed by atoms with Crippen molar-refractivity contribution in [3.05, 3.63) is 70.7 Å². The highest BCUT2D eigenvalue weighted by atomic mass is 79.9. The van der Waals surface area contributed by atoms with Gasteiger partial charge in [-0.3, -0.25) is 4.98 Å². The van der Waals surface area contributed by atoms with E-state index >= 15 is 0 Å². The van der Waals surface area contributed by atoms with Crippen LogP contribution in [0, 0.1) is 0 Å². The first-order valence-corrected chi connectivity index (χ1v) is 6.78. The van der Waals surface area contributed by atoms with Crippen molar-refractivity contribution < 1.29 is 0 Å². The number of aromatic nitrogens is 2. The van der Waals surface area contributed by atoms with Crippen molar-refractivity contribution in [1.29, 1.82) is 0 Å². The Morgan fingerprint density at radius 2 is 1.83 bits per heavy atom. The van der Waals surface area contributed by atoms with Crippen LogP contribution in [-0.2, 0) is 12.8 Å². The third-order valence-corrected chi connectivity index (χ3v) is 3.73. The molecule has 0 radical (unpaired) electrons. The zero-order valence-corrected chi connectivity index (χ0v) is 11.5. The van der Waals surface area contributed by atoms with Crippen LogP contribution in [0.5, 0.6) is 0 Å². The maximum Gasteiger partial charge on any atom is 0.0811 e. The fraction of sp³-hybridized carbons (Fsp3) is 0.133. The first kappa shape index (κ1) is 11.5. The van der Waals surface area contributed by atoms with Crippen molar-refractivity contribution in [2.24, 2.45) is 0 Å². The summed E-state index contributed by atoms with van der Waals surface area (Å²) < 4.78 is 3.22. The number of rotatable bonds is 3. The lowest BCUT2D eigenvalue weighted by molar-refractivity contribution is 0.907. The van der Waals surface area contributed by atoms with Gasteiger partial charge in [0.25, 0.3) is 0 Å². The van der Waals surface area contributed by atoms with Gasteiger partial charge in [0.2, 0.25) is 0 Å². The Morgan fingerprint density at radius 1 is 1.00 bits per heavy atom. The van der Waals surface area contributed by atoms with Crippen LogP contribution in [0.15, 0.2) is 59.5 Å². The van der Waals surface area contributed by atoms with Crippen molar-refractivity contribution in [2.45, 2.75) is 12.8 Å². The summed E-state index contributed by atoms with van der Waals surface area (Å²) in [6, 6.07) is 12.6. The molecule has 2 aromatic heterocycles. The smallest absolute Gasteiger partial charge is 0.0811 e. The van der Waals surface area contributed by atoms with Gasteiger partial charge in [-0.25, -0.2) is 0 Å². The van der Waals surface area contributed by atoms with E-state index in [1.807, 2.05) is 24.7 Å². The van der Waals surface area contributed by atoms with Crippen molar-refractivity contribution >= 4 is 21.4 Å². The third kappa shape index (κ3) is 2.18. The van der Waals surface area contributed by atoms with Crippen LogP contribution in [0.2, 0.25) is 0 Å². The molecule has 0 amide bonds. The molecule has 3 rings (SSSR count). The number of aryl methyl sites for hydroxylation is 2. The SMILES string of the molecule is Brc1ccn2ccnc(CCc3ccccc3)c12. The van der Waals surface area contributed by atoms with Gasteiger partial charge in [-0.05, 0) is 40.4 Å². The van der Waals surface area contributed by atoms with Gasteiger partial charge >= 0.3 is 0 Å². The Morgan fingerprint density at radius 3 is 2.67 bits per heavy atom. The lowest BCUT2D eigenvalue weighted by Gasteiger charge is -2.05. The largest absolute Gasteiger partial charge is 0.320 e. The van der Waals surface area contributed by atoms with E-state index in [4.69, 9.17) is 0 Å². The Labute approximate surface area is 114 Å². The van der Waals surface area contributed by atoms with Crippen LogP contribution in [0.3, 0.4) is 0 Å². The number of hydrogen-bond donors (Lipinski definition) is 0. The zero-order valence-electron chi connectivity index (χ0n) is 9.88. The molecule has 0 aliphatic rings. The maximum absolute atomic E-state index is 4.50. The van der Waals surface area contributed by atoms with E-state index in [9.17, 15) is 0 Å². The van der Waals surface area contributed by atoms with E-state index in [0.717, 1.165) is 23.0 Å². The second kappa shape index (κ2) is 4.94. The molecule has 0 spiro atoms. The zero-order chi connectivity index (χ0) is 12.4. The Bertz CT molecular complexity index is 659. The number of hydrogen-bond acceptors (Lipinski definition) is 1. The highest BCUT2D eigenvalue weighted by molar-refractivity contribution is 9.10. The van der Waals surface area contributed by atoms with Gasteiger partial charge in [-0.15, -0.1) is 0 Å². The molecule has 3 aromatic rings. The fourth-order valence-corrected chi connectivity index (χ4v) is 2.73. The summed E-state index contributed by atoms with van der Waals surface area (Å²) in [6.07, 6.45) is 7.86. The first-order valence-electron chi connectivity index (χ1n) is 5.98. The highest BCUT2D eigenvalue weighted by Gasteiger charge is 2.06. The Kier molecular flexibility index (Phi) is 3.15. The minimum atomic E-state index is 0.955. The molecule has 0 saturated carbocycles. The fourth-order valence-electron chi connectivity index (χ4n) is 2.18. The van der Waals surface area contributed by atoms with Crippen LogP contribution in [-0.4, -0.2) is 9.38 Å². The molecule has 0 bridgehead atoms.